The van der Waals surface area contributed by atoms with E-state index in [0.29, 0.717) is 44.9 Å². The van der Waals surface area contributed by atoms with Crippen molar-refractivity contribution in [3.05, 3.63) is 65.2 Å². The van der Waals surface area contributed by atoms with E-state index in [1.54, 1.807) is 4.90 Å². The normalized spacial score (nSPS) is 16.1. The third kappa shape index (κ3) is 11.7. The molecule has 1 aliphatic rings. The first-order valence-corrected chi connectivity index (χ1v) is 16.1. The monoisotopic (exact) mass is 624 g/mol. The Bertz CT molecular complexity index is 1210. The van der Waals surface area contributed by atoms with E-state index in [2.05, 4.69) is 29.8 Å². The number of aliphatic hydroxyl groups is 1. The van der Waals surface area contributed by atoms with Crippen molar-refractivity contribution in [1.29, 1.82) is 0 Å². The van der Waals surface area contributed by atoms with Crippen molar-refractivity contribution in [1.82, 2.24) is 20.9 Å². The molecule has 1 aliphatic heterocycles. The molecule has 0 aromatic heterocycles. The number of amides is 4. The SMILES string of the molecule is Cc1cccc(C)c1OCC(=O)N[C@@H](Cc1ccccc1)[C@@H](O)C[C@H](CC(C)C)NC(=O)[C@@H](NC(=O)N1CCOCC1)C(C)C. The van der Waals surface area contributed by atoms with Crippen LogP contribution in [0.15, 0.2) is 48.5 Å². The van der Waals surface area contributed by atoms with Gasteiger partial charge in [0.15, 0.2) is 6.61 Å². The van der Waals surface area contributed by atoms with Gasteiger partial charge in [-0.1, -0.05) is 76.2 Å². The van der Waals surface area contributed by atoms with Gasteiger partial charge in [-0.05, 0) is 61.6 Å². The molecule has 4 atom stereocenters. The van der Waals surface area contributed by atoms with Gasteiger partial charge in [0.2, 0.25) is 5.91 Å². The minimum absolute atomic E-state index is 0.151. The van der Waals surface area contributed by atoms with E-state index < -0.39 is 18.2 Å². The number of nitrogens with zero attached hydrogens (tertiary/aromatic N) is 1. The minimum atomic E-state index is -0.959. The summed E-state index contributed by atoms with van der Waals surface area (Å²) in [5.41, 5.74) is 2.85. The van der Waals surface area contributed by atoms with Crippen molar-refractivity contribution in [2.24, 2.45) is 11.8 Å². The number of rotatable bonds is 15. The number of ether oxygens (including phenoxy) is 2. The minimum Gasteiger partial charge on any atom is -0.483 e. The molecule has 2 aromatic rings. The summed E-state index contributed by atoms with van der Waals surface area (Å²) in [4.78, 5) is 41.2. The van der Waals surface area contributed by atoms with Gasteiger partial charge < -0.3 is 35.4 Å². The molecule has 1 fully saturated rings. The lowest BCUT2D eigenvalue weighted by molar-refractivity contribution is -0.126. The standard InChI is InChI=1S/C35H52N4O6/c1-23(2)19-28(36-34(42)32(24(3)4)38-35(43)39-15-17-44-18-16-39)21-30(40)29(20-27-13-8-7-9-14-27)37-31(41)22-45-33-25(5)11-10-12-26(33)6/h7-14,23-24,28-30,32,40H,15-22H2,1-6H3,(H,36,42)(H,37,41)(H,38,43)/t28-,29-,30-,32-/m0/s1. The van der Waals surface area contributed by atoms with Gasteiger partial charge >= 0.3 is 6.03 Å². The molecule has 10 nitrogen and oxygen atoms in total. The third-order valence-corrected chi connectivity index (χ3v) is 8.02. The van der Waals surface area contributed by atoms with Crippen LogP contribution >= 0.6 is 0 Å². The summed E-state index contributed by atoms with van der Waals surface area (Å²) < 4.78 is 11.2. The molecule has 0 spiro atoms. The zero-order valence-corrected chi connectivity index (χ0v) is 27.7. The van der Waals surface area contributed by atoms with Crippen LogP contribution in [0.25, 0.3) is 0 Å². The Balaban J connectivity index is 1.71. The fourth-order valence-electron chi connectivity index (χ4n) is 5.62. The second kappa shape index (κ2) is 17.8. The topological polar surface area (TPSA) is 129 Å². The molecule has 4 amide bonds. The highest BCUT2D eigenvalue weighted by Gasteiger charge is 2.31. The third-order valence-electron chi connectivity index (χ3n) is 8.02. The Kier molecular flexibility index (Phi) is 14.1. The Morgan fingerprint density at radius 2 is 1.53 bits per heavy atom. The summed E-state index contributed by atoms with van der Waals surface area (Å²) in [6, 6.07) is 13.5. The highest BCUT2D eigenvalue weighted by molar-refractivity contribution is 5.87. The van der Waals surface area contributed by atoms with Crippen LogP contribution in [0.5, 0.6) is 5.75 Å². The van der Waals surface area contributed by atoms with Crippen LogP contribution in [-0.4, -0.2) is 85.0 Å². The van der Waals surface area contributed by atoms with E-state index >= 15 is 0 Å². The molecule has 10 heteroatoms. The number of benzene rings is 2. The zero-order chi connectivity index (χ0) is 32.9. The first-order valence-electron chi connectivity index (χ1n) is 16.1. The maximum Gasteiger partial charge on any atom is 0.318 e. The van der Waals surface area contributed by atoms with Gasteiger partial charge in [0.1, 0.15) is 11.8 Å². The number of carbonyl (C=O) groups excluding carboxylic acids is 3. The molecular weight excluding hydrogens is 572 g/mol. The van der Waals surface area contributed by atoms with Crippen LogP contribution in [0.2, 0.25) is 0 Å². The quantitative estimate of drug-likeness (QED) is 0.239. The van der Waals surface area contributed by atoms with Gasteiger partial charge in [-0.25, -0.2) is 4.79 Å². The van der Waals surface area contributed by atoms with Crippen LogP contribution < -0.4 is 20.7 Å². The molecule has 0 aliphatic carbocycles. The smallest absolute Gasteiger partial charge is 0.318 e. The number of para-hydroxylation sites is 1. The molecule has 0 radical (unpaired) electrons. The lowest BCUT2D eigenvalue weighted by atomic mass is 9.92. The number of aliphatic hydroxyl groups excluding tert-OH is 1. The Morgan fingerprint density at radius 3 is 2.13 bits per heavy atom. The van der Waals surface area contributed by atoms with Crippen molar-refractivity contribution in [2.45, 2.75) is 85.0 Å². The summed E-state index contributed by atoms with van der Waals surface area (Å²) >= 11 is 0. The van der Waals surface area contributed by atoms with Crippen molar-refractivity contribution in [3.63, 3.8) is 0 Å². The molecule has 0 saturated carbocycles. The number of hydrogen-bond acceptors (Lipinski definition) is 6. The molecular formula is C35H52N4O6. The molecule has 4 N–H and O–H groups in total. The van der Waals surface area contributed by atoms with E-state index in [1.165, 1.54) is 0 Å². The lowest BCUT2D eigenvalue weighted by Gasteiger charge is -2.32. The van der Waals surface area contributed by atoms with Gasteiger partial charge in [-0.15, -0.1) is 0 Å². The van der Waals surface area contributed by atoms with Crippen molar-refractivity contribution in [2.75, 3.05) is 32.9 Å². The lowest BCUT2D eigenvalue weighted by Crippen LogP contribution is -2.57. The van der Waals surface area contributed by atoms with Crippen LogP contribution in [0, 0.1) is 25.7 Å². The summed E-state index contributed by atoms with van der Waals surface area (Å²) in [7, 11) is 0. The average molecular weight is 625 g/mol. The Labute approximate surface area is 268 Å². The fraction of sp³-hybridized carbons (Fsp3) is 0.571. The summed E-state index contributed by atoms with van der Waals surface area (Å²) in [6.07, 6.45) is 0.289. The van der Waals surface area contributed by atoms with Crippen LogP contribution in [0.3, 0.4) is 0 Å². The molecule has 0 bridgehead atoms. The fourth-order valence-corrected chi connectivity index (χ4v) is 5.62. The Morgan fingerprint density at radius 1 is 0.889 bits per heavy atom. The molecule has 2 aromatic carbocycles. The van der Waals surface area contributed by atoms with Gasteiger partial charge in [0.05, 0.1) is 25.4 Å². The second-order valence-electron chi connectivity index (χ2n) is 12.8. The average Bonchev–Trinajstić information content (AvgIpc) is 2.99. The van der Waals surface area contributed by atoms with Crippen LogP contribution in [0.1, 0.15) is 57.2 Å². The molecule has 0 unspecified atom stereocenters. The highest BCUT2D eigenvalue weighted by Crippen LogP contribution is 2.22. The number of hydrogen-bond donors (Lipinski definition) is 4. The predicted molar refractivity (Wildman–Crippen MR) is 175 cm³/mol. The zero-order valence-electron chi connectivity index (χ0n) is 27.7. The van der Waals surface area contributed by atoms with E-state index in [1.807, 2.05) is 76.2 Å². The number of aryl methyl sites for hydroxylation is 2. The highest BCUT2D eigenvalue weighted by atomic mass is 16.5. The number of carbonyl (C=O) groups is 3. The largest absolute Gasteiger partial charge is 0.483 e. The van der Waals surface area contributed by atoms with Crippen molar-refractivity contribution < 1.29 is 29.0 Å². The molecule has 248 valence electrons. The molecule has 1 heterocycles. The van der Waals surface area contributed by atoms with Gasteiger partial charge in [0, 0.05) is 19.1 Å². The van der Waals surface area contributed by atoms with E-state index in [4.69, 9.17) is 9.47 Å². The van der Waals surface area contributed by atoms with Gasteiger partial charge in [-0.2, -0.15) is 0 Å². The Hall–Kier alpha value is -3.63. The number of nitrogens with one attached hydrogen (secondary N) is 3. The van der Waals surface area contributed by atoms with E-state index in [9.17, 15) is 19.5 Å². The number of urea groups is 1. The van der Waals surface area contributed by atoms with Gasteiger partial charge in [0.25, 0.3) is 5.91 Å². The maximum atomic E-state index is 13.6. The summed E-state index contributed by atoms with van der Waals surface area (Å²) in [5.74, 6) is 0.119. The maximum absolute atomic E-state index is 13.6. The predicted octanol–water partition coefficient (Wildman–Crippen LogP) is 3.76. The first-order chi connectivity index (χ1) is 21.4. The molecule has 1 saturated heterocycles. The number of morpholine rings is 1. The van der Waals surface area contributed by atoms with Crippen LogP contribution in [0.4, 0.5) is 4.79 Å². The second-order valence-corrected chi connectivity index (χ2v) is 12.8. The molecule has 45 heavy (non-hydrogen) atoms. The van der Waals surface area contributed by atoms with E-state index in [-0.39, 0.29) is 48.8 Å². The van der Waals surface area contributed by atoms with Gasteiger partial charge in [-0.3, -0.25) is 9.59 Å². The molecule has 3 rings (SSSR count). The van der Waals surface area contributed by atoms with E-state index in [0.717, 1.165) is 16.7 Å². The van der Waals surface area contributed by atoms with Crippen molar-refractivity contribution >= 4 is 17.8 Å². The van der Waals surface area contributed by atoms with Crippen LogP contribution in [-0.2, 0) is 20.7 Å². The van der Waals surface area contributed by atoms with Crippen molar-refractivity contribution in [3.8, 4) is 5.75 Å². The first kappa shape index (κ1) is 35.8. The summed E-state index contributed by atoms with van der Waals surface area (Å²) in [5, 5.41) is 20.6. The summed E-state index contributed by atoms with van der Waals surface area (Å²) in [6.45, 7) is 13.5.